The van der Waals surface area contributed by atoms with Crippen LogP contribution >= 0.6 is 0 Å². The first-order valence-electron chi connectivity index (χ1n) is 21.3. The van der Waals surface area contributed by atoms with Crippen LogP contribution in [0.25, 0.3) is 100 Å². The van der Waals surface area contributed by atoms with Crippen molar-refractivity contribution in [1.82, 2.24) is 15.0 Å². The molecule has 0 aliphatic carbocycles. The molecule has 8 heteroatoms. The van der Waals surface area contributed by atoms with Crippen molar-refractivity contribution in [2.24, 2.45) is 0 Å². The van der Waals surface area contributed by atoms with Crippen LogP contribution in [-0.4, -0.2) is 37.1 Å². The van der Waals surface area contributed by atoms with Crippen LogP contribution in [-0.2, 0) is 20.1 Å². The van der Waals surface area contributed by atoms with Crippen molar-refractivity contribution in [3.8, 4) is 100 Å². The first-order chi connectivity index (χ1) is 32.4. The van der Waals surface area contributed by atoms with Gasteiger partial charge in [0.1, 0.15) is 11.4 Å². The molecule has 3 aromatic heterocycles. The van der Waals surface area contributed by atoms with E-state index in [2.05, 4.69) is 107 Å². The predicted octanol–water partition coefficient (Wildman–Crippen LogP) is 14.1. The molecule has 3 heterocycles. The molecule has 2 N–H and O–H groups in total. The van der Waals surface area contributed by atoms with Crippen molar-refractivity contribution in [3.05, 3.63) is 236 Å². The van der Waals surface area contributed by atoms with E-state index in [9.17, 15) is 19.8 Å². The monoisotopic (exact) mass is 1050 g/mol. The van der Waals surface area contributed by atoms with E-state index in [1.54, 1.807) is 24.5 Å². The number of hydrogen-bond acceptors (Lipinski definition) is 5. The summed E-state index contributed by atoms with van der Waals surface area (Å²) in [5, 5.41) is 19.2. The van der Waals surface area contributed by atoms with Gasteiger partial charge in [-0.15, -0.1) is 35.9 Å². The van der Waals surface area contributed by atoms with Gasteiger partial charge in [0, 0.05) is 55.4 Å². The van der Waals surface area contributed by atoms with Crippen LogP contribution in [0.3, 0.4) is 0 Å². The molecule has 323 valence electrons. The number of aromatic carboxylic acids is 2. The molecule has 0 atom stereocenters. The van der Waals surface area contributed by atoms with Gasteiger partial charge in [-0.2, -0.15) is 0 Å². The minimum Gasteiger partial charge on any atom is -0.477 e. The Morgan fingerprint density at radius 2 is 0.761 bits per heavy atom. The third-order valence-corrected chi connectivity index (χ3v) is 11.7. The number of rotatable bonds is 11. The van der Waals surface area contributed by atoms with Crippen LogP contribution in [0.15, 0.2) is 219 Å². The molecule has 0 spiro atoms. The quantitative estimate of drug-likeness (QED) is 0.124. The van der Waals surface area contributed by atoms with Gasteiger partial charge >= 0.3 is 11.9 Å². The van der Waals surface area contributed by atoms with Gasteiger partial charge in [-0.1, -0.05) is 146 Å². The van der Waals surface area contributed by atoms with E-state index in [0.717, 1.165) is 100 Å². The molecule has 0 aliphatic rings. The van der Waals surface area contributed by atoms with E-state index in [4.69, 9.17) is 4.98 Å². The number of benzene rings is 7. The Morgan fingerprint density at radius 1 is 0.343 bits per heavy atom. The Kier molecular flexibility index (Phi) is 12.7. The van der Waals surface area contributed by atoms with E-state index >= 15 is 0 Å². The van der Waals surface area contributed by atoms with Gasteiger partial charge in [-0.05, 0) is 108 Å². The van der Waals surface area contributed by atoms with Gasteiger partial charge in [0.25, 0.3) is 0 Å². The molecular formula is C59H38IrN3O4-. The SMILES string of the molecule is O=C(O)c1ccc(-c2ccccc2-c2cc(-c3ccccc3-c3ccc(C(=O)O)nc3)cc(-c3ccccc3-c3cnc(-c4[c-]cccc4)cc3-c3ccc(-c4ccccc4)cc3)c2)cn1.[Ir]. The van der Waals surface area contributed by atoms with Crippen LogP contribution in [0.1, 0.15) is 21.0 Å². The summed E-state index contributed by atoms with van der Waals surface area (Å²) in [6, 6.07) is 70.0. The smallest absolute Gasteiger partial charge is 0.354 e. The minimum absolute atomic E-state index is 0. The van der Waals surface area contributed by atoms with Crippen molar-refractivity contribution in [3.63, 3.8) is 0 Å². The molecule has 1 radical (unpaired) electrons. The Morgan fingerprint density at radius 3 is 1.22 bits per heavy atom. The number of nitrogens with zero attached hydrogens (tertiary/aromatic N) is 3. The topological polar surface area (TPSA) is 113 Å². The van der Waals surface area contributed by atoms with E-state index in [0.29, 0.717) is 0 Å². The van der Waals surface area contributed by atoms with Crippen LogP contribution in [0.4, 0.5) is 0 Å². The zero-order valence-electron chi connectivity index (χ0n) is 35.7. The van der Waals surface area contributed by atoms with E-state index in [-0.39, 0.29) is 31.5 Å². The fraction of sp³-hybridized carbons (Fsp3) is 0. The zero-order valence-corrected chi connectivity index (χ0v) is 38.1. The zero-order chi connectivity index (χ0) is 45.0. The second-order valence-corrected chi connectivity index (χ2v) is 15.7. The fourth-order valence-electron chi connectivity index (χ4n) is 8.48. The molecule has 10 aromatic rings. The molecule has 0 saturated heterocycles. The number of carbonyl (C=O) groups is 2. The number of carboxylic acid groups (broad SMARTS) is 2. The van der Waals surface area contributed by atoms with Gasteiger partial charge in [0.15, 0.2) is 0 Å². The number of aromatic nitrogens is 3. The molecule has 0 fully saturated rings. The van der Waals surface area contributed by atoms with E-state index in [1.807, 2.05) is 91.1 Å². The normalized spacial score (nSPS) is 10.8. The van der Waals surface area contributed by atoms with Crippen LogP contribution in [0.5, 0.6) is 0 Å². The second-order valence-electron chi connectivity index (χ2n) is 15.7. The first-order valence-corrected chi connectivity index (χ1v) is 21.3. The van der Waals surface area contributed by atoms with Crippen molar-refractivity contribution >= 4 is 11.9 Å². The Labute approximate surface area is 401 Å². The average Bonchev–Trinajstić information content (AvgIpc) is 3.39. The number of carboxylic acids is 2. The van der Waals surface area contributed by atoms with Crippen molar-refractivity contribution in [2.45, 2.75) is 0 Å². The number of hydrogen-bond donors (Lipinski definition) is 2. The van der Waals surface area contributed by atoms with Gasteiger partial charge in [-0.3, -0.25) is 0 Å². The number of pyridine rings is 3. The Bertz CT molecular complexity index is 3280. The summed E-state index contributed by atoms with van der Waals surface area (Å²) in [6.45, 7) is 0. The summed E-state index contributed by atoms with van der Waals surface area (Å²) < 4.78 is 0. The third kappa shape index (κ3) is 9.13. The standard InChI is InChI=1S/C59H38N3O4.Ir/c63-58(64)55-29-27-42(35-60-55)47-17-7-9-19-49(47)44-31-45(50-20-10-8-18-48(50)43-28-30-56(59(65)66)61-36-43)33-46(32-44)51-21-11-12-22-52(51)54-37-62-57(41-15-5-2-6-16-41)34-53(54)40-25-23-39(24-26-40)38-13-3-1-4-14-38;/h1-15,17-37H,(H,63,64)(H,65,66);/q-1;. The van der Waals surface area contributed by atoms with Gasteiger partial charge in [0.05, 0.1) is 0 Å². The fourth-order valence-corrected chi connectivity index (χ4v) is 8.48. The molecular weight excluding hydrogens is 1010 g/mol. The van der Waals surface area contributed by atoms with Crippen molar-refractivity contribution in [1.29, 1.82) is 0 Å². The molecule has 7 nitrogen and oxygen atoms in total. The second kappa shape index (κ2) is 19.4. The maximum Gasteiger partial charge on any atom is 0.354 e. The molecule has 0 bridgehead atoms. The molecule has 0 aliphatic heterocycles. The van der Waals surface area contributed by atoms with Crippen molar-refractivity contribution in [2.75, 3.05) is 0 Å². The molecule has 67 heavy (non-hydrogen) atoms. The summed E-state index contributed by atoms with van der Waals surface area (Å²) in [5.74, 6) is -2.18. The van der Waals surface area contributed by atoms with E-state index in [1.165, 1.54) is 12.1 Å². The van der Waals surface area contributed by atoms with Crippen LogP contribution < -0.4 is 0 Å². The molecule has 0 saturated carbocycles. The summed E-state index contributed by atoms with van der Waals surface area (Å²) in [4.78, 5) is 37.0. The van der Waals surface area contributed by atoms with E-state index < -0.39 is 11.9 Å². The maximum atomic E-state index is 11.7. The van der Waals surface area contributed by atoms with Crippen molar-refractivity contribution < 1.29 is 39.9 Å². The predicted molar refractivity (Wildman–Crippen MR) is 262 cm³/mol. The first kappa shape index (κ1) is 43.8. The third-order valence-electron chi connectivity index (χ3n) is 11.7. The molecule has 0 unspecified atom stereocenters. The summed E-state index contributed by atoms with van der Waals surface area (Å²) in [6.07, 6.45) is 5.17. The Hall–Kier alpha value is -8.42. The molecule has 0 amide bonds. The molecule has 10 rings (SSSR count). The van der Waals surface area contributed by atoms with Gasteiger partial charge in [0.2, 0.25) is 0 Å². The maximum absolute atomic E-state index is 11.7. The minimum atomic E-state index is -1.09. The Balaban J connectivity index is 0.00000562. The largest absolute Gasteiger partial charge is 0.477 e. The molecule has 7 aromatic carbocycles. The summed E-state index contributed by atoms with van der Waals surface area (Å²) >= 11 is 0. The van der Waals surface area contributed by atoms with Crippen LogP contribution in [0.2, 0.25) is 0 Å². The average molecular weight is 1050 g/mol. The van der Waals surface area contributed by atoms with Crippen LogP contribution in [0, 0.1) is 6.07 Å². The van der Waals surface area contributed by atoms with Gasteiger partial charge in [-0.25, -0.2) is 19.6 Å². The summed E-state index contributed by atoms with van der Waals surface area (Å²) in [7, 11) is 0. The van der Waals surface area contributed by atoms with Gasteiger partial charge < -0.3 is 15.2 Å². The summed E-state index contributed by atoms with van der Waals surface area (Å²) in [5.41, 5.74) is 16.9.